The van der Waals surface area contributed by atoms with Crippen molar-refractivity contribution in [1.82, 2.24) is 10.2 Å². The first-order valence-corrected chi connectivity index (χ1v) is 6.60. The second kappa shape index (κ2) is 8.57. The summed E-state index contributed by atoms with van der Waals surface area (Å²) in [5.41, 5.74) is 0. The molecule has 0 bridgehead atoms. The van der Waals surface area contributed by atoms with Gasteiger partial charge in [-0.2, -0.15) is 11.8 Å². The van der Waals surface area contributed by atoms with E-state index in [2.05, 4.69) is 56.8 Å². The zero-order valence-electron chi connectivity index (χ0n) is 10.3. The fraction of sp³-hybridized carbons (Fsp3) is 1.00. The highest BCUT2D eigenvalue weighted by atomic mass is 32.2. The van der Waals surface area contributed by atoms with Crippen LogP contribution in [0.2, 0.25) is 0 Å². The largest absolute Gasteiger partial charge is 0.314 e. The molecule has 0 aromatic carbocycles. The van der Waals surface area contributed by atoms with Crippen LogP contribution in [0.15, 0.2) is 0 Å². The normalized spacial score (nSPS) is 15.9. The van der Waals surface area contributed by atoms with Crippen molar-refractivity contribution in [2.24, 2.45) is 0 Å². The number of hydrogen-bond donors (Lipinski definition) is 1. The van der Waals surface area contributed by atoms with Crippen LogP contribution in [-0.4, -0.2) is 49.1 Å². The van der Waals surface area contributed by atoms with Gasteiger partial charge in [-0.15, -0.1) is 0 Å². The van der Waals surface area contributed by atoms with Gasteiger partial charge in [-0.3, -0.25) is 0 Å². The summed E-state index contributed by atoms with van der Waals surface area (Å²) in [5.74, 6) is 1.24. The first kappa shape index (κ1) is 14.3. The van der Waals surface area contributed by atoms with Crippen molar-refractivity contribution in [3.05, 3.63) is 0 Å². The lowest BCUT2D eigenvalue weighted by molar-refractivity contribution is 0.437. The smallest absolute Gasteiger partial charge is 0.00663 e. The van der Waals surface area contributed by atoms with E-state index in [1.165, 1.54) is 18.7 Å². The summed E-state index contributed by atoms with van der Waals surface area (Å²) in [6.45, 7) is 9.03. The maximum absolute atomic E-state index is 3.45. The minimum atomic E-state index is 0.654. The standard InChI is InChI=1S/C11H26N2S/c1-6-12-10(2)9-11(3)14-8-7-13(4)5/h10-12H,6-9H2,1-5H3. The molecule has 0 fully saturated rings. The van der Waals surface area contributed by atoms with E-state index in [1.54, 1.807) is 0 Å². The predicted molar refractivity (Wildman–Crippen MR) is 68.2 cm³/mol. The second-order valence-corrected chi connectivity index (χ2v) is 5.73. The van der Waals surface area contributed by atoms with Gasteiger partial charge >= 0.3 is 0 Å². The quantitative estimate of drug-likeness (QED) is 0.671. The number of rotatable bonds is 8. The Balaban J connectivity index is 3.39. The number of nitrogens with zero attached hydrogens (tertiary/aromatic N) is 1. The molecule has 0 saturated heterocycles. The molecule has 86 valence electrons. The van der Waals surface area contributed by atoms with Crippen LogP contribution in [0.25, 0.3) is 0 Å². The average molecular weight is 218 g/mol. The van der Waals surface area contributed by atoms with Gasteiger partial charge in [0.1, 0.15) is 0 Å². The Bertz CT molecular complexity index is 128. The van der Waals surface area contributed by atoms with Gasteiger partial charge in [0.15, 0.2) is 0 Å². The first-order chi connectivity index (χ1) is 6.56. The van der Waals surface area contributed by atoms with Crippen LogP contribution in [0, 0.1) is 0 Å². The predicted octanol–water partition coefficient (Wildman–Crippen LogP) is 2.06. The fourth-order valence-corrected chi connectivity index (χ4v) is 2.73. The van der Waals surface area contributed by atoms with Gasteiger partial charge in [-0.1, -0.05) is 13.8 Å². The summed E-state index contributed by atoms with van der Waals surface area (Å²) in [6.07, 6.45) is 1.27. The number of thioether (sulfide) groups is 1. The van der Waals surface area contributed by atoms with Crippen LogP contribution in [0.1, 0.15) is 27.2 Å². The van der Waals surface area contributed by atoms with Crippen LogP contribution in [0.4, 0.5) is 0 Å². The second-order valence-electron chi connectivity index (χ2n) is 4.18. The number of hydrogen-bond acceptors (Lipinski definition) is 3. The third kappa shape index (κ3) is 8.85. The van der Waals surface area contributed by atoms with Gasteiger partial charge in [0, 0.05) is 23.6 Å². The molecule has 0 saturated carbocycles. The Morgan fingerprint density at radius 3 is 2.43 bits per heavy atom. The molecule has 0 aliphatic carbocycles. The lowest BCUT2D eigenvalue weighted by Crippen LogP contribution is -2.28. The van der Waals surface area contributed by atoms with Crippen LogP contribution < -0.4 is 5.32 Å². The minimum Gasteiger partial charge on any atom is -0.314 e. The van der Waals surface area contributed by atoms with Crippen molar-refractivity contribution in [3.63, 3.8) is 0 Å². The summed E-state index contributed by atoms with van der Waals surface area (Å²) in [7, 11) is 4.26. The summed E-state index contributed by atoms with van der Waals surface area (Å²) in [6, 6.07) is 0.654. The zero-order chi connectivity index (χ0) is 11.0. The van der Waals surface area contributed by atoms with Crippen molar-refractivity contribution in [2.75, 3.05) is 32.9 Å². The van der Waals surface area contributed by atoms with E-state index < -0.39 is 0 Å². The van der Waals surface area contributed by atoms with E-state index in [1.807, 2.05) is 0 Å². The summed E-state index contributed by atoms with van der Waals surface area (Å²) < 4.78 is 0. The summed E-state index contributed by atoms with van der Waals surface area (Å²) >= 11 is 2.08. The molecule has 0 amide bonds. The minimum absolute atomic E-state index is 0.654. The Morgan fingerprint density at radius 2 is 1.93 bits per heavy atom. The number of nitrogens with one attached hydrogen (secondary N) is 1. The first-order valence-electron chi connectivity index (χ1n) is 5.56. The topological polar surface area (TPSA) is 15.3 Å². The van der Waals surface area contributed by atoms with Crippen molar-refractivity contribution in [3.8, 4) is 0 Å². The summed E-state index contributed by atoms with van der Waals surface area (Å²) in [4.78, 5) is 2.24. The highest BCUT2D eigenvalue weighted by Gasteiger charge is 2.07. The highest BCUT2D eigenvalue weighted by molar-refractivity contribution is 7.99. The SMILES string of the molecule is CCNC(C)CC(C)SCCN(C)C. The molecule has 0 aliphatic heterocycles. The van der Waals surface area contributed by atoms with Crippen LogP contribution >= 0.6 is 11.8 Å². The maximum Gasteiger partial charge on any atom is 0.00663 e. The molecule has 0 spiro atoms. The van der Waals surface area contributed by atoms with E-state index >= 15 is 0 Å². The van der Waals surface area contributed by atoms with Crippen LogP contribution in [0.5, 0.6) is 0 Å². The van der Waals surface area contributed by atoms with Crippen LogP contribution in [0.3, 0.4) is 0 Å². The molecule has 0 rings (SSSR count). The molecule has 0 aromatic rings. The lowest BCUT2D eigenvalue weighted by Gasteiger charge is -2.18. The van der Waals surface area contributed by atoms with Crippen molar-refractivity contribution >= 4 is 11.8 Å². The van der Waals surface area contributed by atoms with Crippen molar-refractivity contribution in [1.29, 1.82) is 0 Å². The van der Waals surface area contributed by atoms with E-state index in [0.717, 1.165) is 11.8 Å². The van der Waals surface area contributed by atoms with E-state index in [-0.39, 0.29) is 0 Å². The zero-order valence-corrected chi connectivity index (χ0v) is 11.2. The molecule has 0 heterocycles. The maximum atomic E-state index is 3.45. The Morgan fingerprint density at radius 1 is 1.29 bits per heavy atom. The van der Waals surface area contributed by atoms with Gasteiger partial charge in [0.2, 0.25) is 0 Å². The van der Waals surface area contributed by atoms with Gasteiger partial charge < -0.3 is 10.2 Å². The van der Waals surface area contributed by atoms with Crippen LogP contribution in [-0.2, 0) is 0 Å². The molecule has 0 aliphatic rings. The molecule has 2 nitrogen and oxygen atoms in total. The Kier molecular flexibility index (Phi) is 8.73. The average Bonchev–Trinajstić information content (AvgIpc) is 2.03. The molecular weight excluding hydrogens is 192 g/mol. The molecular formula is C11H26N2S. The van der Waals surface area contributed by atoms with Crippen molar-refractivity contribution < 1.29 is 0 Å². The van der Waals surface area contributed by atoms with E-state index in [9.17, 15) is 0 Å². The van der Waals surface area contributed by atoms with Crippen molar-refractivity contribution in [2.45, 2.75) is 38.5 Å². The summed E-state index contributed by atoms with van der Waals surface area (Å²) in [5, 5.41) is 4.22. The molecule has 0 radical (unpaired) electrons. The molecule has 14 heavy (non-hydrogen) atoms. The fourth-order valence-electron chi connectivity index (χ4n) is 1.43. The Hall–Kier alpha value is 0.270. The van der Waals surface area contributed by atoms with E-state index in [4.69, 9.17) is 0 Å². The van der Waals surface area contributed by atoms with E-state index in [0.29, 0.717) is 6.04 Å². The van der Waals surface area contributed by atoms with Gasteiger partial charge in [0.05, 0.1) is 0 Å². The third-order valence-electron chi connectivity index (χ3n) is 2.18. The molecule has 1 N–H and O–H groups in total. The third-order valence-corrected chi connectivity index (χ3v) is 3.36. The Labute approximate surface area is 93.8 Å². The lowest BCUT2D eigenvalue weighted by atomic mass is 10.2. The molecule has 3 heteroatoms. The monoisotopic (exact) mass is 218 g/mol. The molecule has 2 unspecified atom stereocenters. The molecule has 0 aromatic heterocycles. The van der Waals surface area contributed by atoms with Gasteiger partial charge in [0.25, 0.3) is 0 Å². The van der Waals surface area contributed by atoms with Gasteiger partial charge in [-0.05, 0) is 34.0 Å². The highest BCUT2D eigenvalue weighted by Crippen LogP contribution is 2.15. The molecule has 2 atom stereocenters. The van der Waals surface area contributed by atoms with Gasteiger partial charge in [-0.25, -0.2) is 0 Å².